The maximum absolute atomic E-state index is 13.6. The number of benzene rings is 2. The number of carbonyl (C=O) groups excluding carboxylic acids is 2. The van der Waals surface area contributed by atoms with Gasteiger partial charge in [0.25, 0.3) is 11.8 Å². The third kappa shape index (κ3) is 5.45. The van der Waals surface area contributed by atoms with Gasteiger partial charge in [-0.1, -0.05) is 6.08 Å². The van der Waals surface area contributed by atoms with E-state index in [2.05, 4.69) is 9.97 Å². The monoisotopic (exact) mass is 559 g/mol. The number of amides is 2. The quantitative estimate of drug-likeness (QED) is 0.197. The summed E-state index contributed by atoms with van der Waals surface area (Å²) in [6.45, 7) is 0.829. The average Bonchev–Trinajstić information content (AvgIpc) is 3.69. The maximum Gasteiger partial charge on any atom is 0.259 e. The van der Waals surface area contributed by atoms with Crippen molar-refractivity contribution in [3.8, 4) is 22.8 Å². The van der Waals surface area contributed by atoms with Crippen LogP contribution in [0.5, 0.6) is 11.5 Å². The van der Waals surface area contributed by atoms with Crippen molar-refractivity contribution in [2.45, 2.75) is 31.7 Å². The Hall–Kier alpha value is -4.87. The minimum atomic E-state index is -0.739. The number of fused-ring (bicyclic) bond motifs is 1. The van der Waals surface area contributed by atoms with Crippen LogP contribution in [0.3, 0.4) is 0 Å². The van der Waals surface area contributed by atoms with Gasteiger partial charge >= 0.3 is 0 Å². The van der Waals surface area contributed by atoms with Crippen LogP contribution in [-0.4, -0.2) is 49.6 Å². The standard InChI is InChI=1S/C29H27F2N7O3/c30-18-11-19(31)13-22(12-18)41-21-7-5-17(6-8-21)25-24-26(32)34-15-35-28(24)38(36-25)20-2-1-9-37(14-20)29(40)23(27(33)39)10-16-3-4-16/h5-8,10-13,15-16,20H,1-4,9,14H2,(H2,33,39)(H2,32,34,35)/b23-10+/t20-/m1/s1. The van der Waals surface area contributed by atoms with Gasteiger partial charge in [-0.25, -0.2) is 23.4 Å². The van der Waals surface area contributed by atoms with Gasteiger partial charge in [-0.15, -0.1) is 0 Å². The van der Waals surface area contributed by atoms with Gasteiger partial charge in [0.2, 0.25) is 0 Å². The molecule has 1 aliphatic heterocycles. The molecule has 2 aromatic carbocycles. The third-order valence-corrected chi connectivity index (χ3v) is 7.27. The lowest BCUT2D eigenvalue weighted by atomic mass is 10.0. The number of hydrogen-bond acceptors (Lipinski definition) is 7. The molecule has 0 radical (unpaired) electrons. The van der Waals surface area contributed by atoms with E-state index in [-0.39, 0.29) is 35.0 Å². The molecule has 1 saturated carbocycles. The van der Waals surface area contributed by atoms with Crippen LogP contribution in [0.1, 0.15) is 31.7 Å². The van der Waals surface area contributed by atoms with Crippen LogP contribution in [0.2, 0.25) is 0 Å². The molecule has 3 heterocycles. The molecule has 0 unspecified atom stereocenters. The average molecular weight is 560 g/mol. The molecule has 41 heavy (non-hydrogen) atoms. The number of nitrogen functional groups attached to an aromatic ring is 1. The van der Waals surface area contributed by atoms with Crippen molar-refractivity contribution in [2.75, 3.05) is 18.8 Å². The summed E-state index contributed by atoms with van der Waals surface area (Å²) in [6.07, 6.45) is 6.40. The molecule has 4 N–H and O–H groups in total. The summed E-state index contributed by atoms with van der Waals surface area (Å²) in [4.78, 5) is 35.6. The Labute approximate surface area is 233 Å². The van der Waals surface area contributed by atoms with E-state index in [1.54, 1.807) is 39.9 Å². The highest BCUT2D eigenvalue weighted by molar-refractivity contribution is 6.17. The Morgan fingerprint density at radius 3 is 2.41 bits per heavy atom. The van der Waals surface area contributed by atoms with E-state index in [0.717, 1.165) is 37.5 Å². The number of allylic oxidation sites excluding steroid dienone is 1. The molecule has 10 nitrogen and oxygen atoms in total. The fraction of sp³-hybridized carbons (Fsp3) is 0.276. The molecule has 6 rings (SSSR count). The number of likely N-dealkylation sites (tertiary alicyclic amines) is 1. The van der Waals surface area contributed by atoms with Gasteiger partial charge in [0.1, 0.15) is 46.5 Å². The SMILES string of the molecule is NC(=O)/C(=C\C1CC1)C(=O)N1CCC[C@@H](n2nc(-c3ccc(Oc4cc(F)cc(F)c4)cc3)c3c(N)ncnc32)C1. The molecule has 1 aliphatic carbocycles. The Balaban J connectivity index is 1.29. The molecule has 1 atom stereocenters. The first-order valence-electron chi connectivity index (χ1n) is 13.3. The Morgan fingerprint density at radius 2 is 1.73 bits per heavy atom. The number of carbonyl (C=O) groups is 2. The van der Waals surface area contributed by atoms with Crippen molar-refractivity contribution in [1.82, 2.24) is 24.6 Å². The number of aromatic nitrogens is 4. The minimum Gasteiger partial charge on any atom is -0.457 e. The highest BCUT2D eigenvalue weighted by Crippen LogP contribution is 2.36. The van der Waals surface area contributed by atoms with Gasteiger partial charge in [-0.2, -0.15) is 5.10 Å². The van der Waals surface area contributed by atoms with Crippen LogP contribution in [0.25, 0.3) is 22.3 Å². The highest BCUT2D eigenvalue weighted by atomic mass is 19.1. The number of hydrogen-bond donors (Lipinski definition) is 2. The number of nitrogens with two attached hydrogens (primary N) is 2. The van der Waals surface area contributed by atoms with Crippen molar-refractivity contribution in [2.24, 2.45) is 11.7 Å². The number of ether oxygens (including phenoxy) is 1. The fourth-order valence-corrected chi connectivity index (χ4v) is 5.12. The molecule has 12 heteroatoms. The van der Waals surface area contributed by atoms with Crippen LogP contribution in [-0.2, 0) is 9.59 Å². The second kappa shape index (κ2) is 10.6. The summed E-state index contributed by atoms with van der Waals surface area (Å²) in [7, 11) is 0. The molecule has 0 spiro atoms. The summed E-state index contributed by atoms with van der Waals surface area (Å²) in [5.74, 6) is -1.68. The van der Waals surface area contributed by atoms with E-state index in [1.807, 2.05) is 0 Å². The zero-order valence-electron chi connectivity index (χ0n) is 22.0. The molecule has 2 amide bonds. The first-order valence-corrected chi connectivity index (χ1v) is 13.3. The van der Waals surface area contributed by atoms with E-state index in [9.17, 15) is 18.4 Å². The largest absolute Gasteiger partial charge is 0.457 e. The molecule has 2 aromatic heterocycles. The second-order valence-corrected chi connectivity index (χ2v) is 10.3. The predicted molar refractivity (Wildman–Crippen MR) is 146 cm³/mol. The molecular formula is C29H27F2N7O3. The first-order chi connectivity index (χ1) is 19.8. The summed E-state index contributed by atoms with van der Waals surface area (Å²) in [5, 5.41) is 5.42. The zero-order chi connectivity index (χ0) is 28.7. The summed E-state index contributed by atoms with van der Waals surface area (Å²) in [6, 6.07) is 9.55. The molecule has 4 aromatic rings. The number of primary amides is 1. The lowest BCUT2D eigenvalue weighted by Crippen LogP contribution is -2.43. The van der Waals surface area contributed by atoms with Gasteiger partial charge in [-0.3, -0.25) is 9.59 Å². The summed E-state index contributed by atoms with van der Waals surface area (Å²) >= 11 is 0. The minimum absolute atomic E-state index is 0.0329. The van der Waals surface area contributed by atoms with Gasteiger partial charge in [0, 0.05) is 36.9 Å². The highest BCUT2D eigenvalue weighted by Gasteiger charge is 2.32. The van der Waals surface area contributed by atoms with Crippen molar-refractivity contribution < 1.29 is 23.1 Å². The van der Waals surface area contributed by atoms with E-state index < -0.39 is 17.5 Å². The van der Waals surface area contributed by atoms with Crippen molar-refractivity contribution in [3.63, 3.8) is 0 Å². The van der Waals surface area contributed by atoms with Crippen LogP contribution >= 0.6 is 0 Å². The second-order valence-electron chi connectivity index (χ2n) is 10.3. The Morgan fingerprint density at radius 1 is 1.00 bits per heavy atom. The number of nitrogens with zero attached hydrogens (tertiary/aromatic N) is 5. The van der Waals surface area contributed by atoms with Gasteiger partial charge < -0.3 is 21.1 Å². The third-order valence-electron chi connectivity index (χ3n) is 7.27. The number of halogens is 2. The summed E-state index contributed by atoms with van der Waals surface area (Å²) < 4.78 is 34.5. The number of piperidine rings is 1. The van der Waals surface area contributed by atoms with Crippen LogP contribution in [0.15, 0.2) is 60.4 Å². The van der Waals surface area contributed by atoms with Gasteiger partial charge in [0.05, 0.1) is 11.4 Å². The predicted octanol–water partition coefficient (Wildman–Crippen LogP) is 4.13. The molecule has 210 valence electrons. The summed E-state index contributed by atoms with van der Waals surface area (Å²) in [5.41, 5.74) is 13.6. The van der Waals surface area contributed by atoms with E-state index in [0.29, 0.717) is 47.6 Å². The normalized spacial score (nSPS) is 17.6. The maximum atomic E-state index is 13.6. The lowest BCUT2D eigenvalue weighted by molar-refractivity contribution is -0.131. The molecule has 2 aliphatic rings. The van der Waals surface area contributed by atoms with E-state index in [1.165, 1.54) is 6.33 Å². The Bertz CT molecular complexity index is 1660. The Kier molecular flexibility index (Phi) is 6.82. The van der Waals surface area contributed by atoms with Crippen LogP contribution in [0.4, 0.5) is 14.6 Å². The van der Waals surface area contributed by atoms with Gasteiger partial charge in [0.15, 0.2) is 5.65 Å². The lowest BCUT2D eigenvalue weighted by Gasteiger charge is -2.33. The zero-order valence-corrected chi connectivity index (χ0v) is 22.0. The van der Waals surface area contributed by atoms with Crippen molar-refractivity contribution in [3.05, 3.63) is 72.1 Å². The molecular weight excluding hydrogens is 532 g/mol. The van der Waals surface area contributed by atoms with Crippen molar-refractivity contribution in [1.29, 1.82) is 0 Å². The smallest absolute Gasteiger partial charge is 0.259 e. The molecule has 2 fully saturated rings. The van der Waals surface area contributed by atoms with Crippen LogP contribution in [0, 0.1) is 17.6 Å². The molecule has 0 bridgehead atoms. The van der Waals surface area contributed by atoms with E-state index >= 15 is 0 Å². The van der Waals surface area contributed by atoms with E-state index in [4.69, 9.17) is 21.3 Å². The van der Waals surface area contributed by atoms with Crippen LogP contribution < -0.4 is 16.2 Å². The number of anilines is 1. The first kappa shape index (κ1) is 26.4. The van der Waals surface area contributed by atoms with Crippen molar-refractivity contribution >= 4 is 28.7 Å². The topological polar surface area (TPSA) is 142 Å². The fourth-order valence-electron chi connectivity index (χ4n) is 5.12. The van der Waals surface area contributed by atoms with Gasteiger partial charge in [-0.05, 0) is 55.9 Å². The number of rotatable bonds is 7. The molecule has 1 saturated heterocycles.